The van der Waals surface area contributed by atoms with Crippen molar-refractivity contribution < 1.29 is 43.2 Å². The van der Waals surface area contributed by atoms with E-state index in [1.54, 1.807) is 11.3 Å². The summed E-state index contributed by atoms with van der Waals surface area (Å²) in [4.78, 5) is 58.9. The van der Waals surface area contributed by atoms with Crippen LogP contribution < -0.4 is 16.0 Å². The highest BCUT2D eigenvalue weighted by Gasteiger charge is 2.44. The molecule has 0 bridgehead atoms. The van der Waals surface area contributed by atoms with Crippen molar-refractivity contribution in [2.24, 2.45) is 11.3 Å². The van der Waals surface area contributed by atoms with E-state index in [9.17, 15) is 24.3 Å². The SMILES string of the molecule is Cc1ncsc1-c1ccc(CNC(=O)[C@@H]2C[C@@H](O)CN2C(=O)C(NC(=O)COCCOCCOCCOCCNC(=O)C2CCCCC2)C(C)(C)C)cc1. The summed E-state index contributed by atoms with van der Waals surface area (Å²) in [5.41, 5.74) is 4.05. The Balaban J connectivity index is 1.08. The lowest BCUT2D eigenvalue weighted by molar-refractivity contribution is -0.144. The number of aromatic nitrogens is 1. The normalized spacial score (nSPS) is 18.4. The van der Waals surface area contributed by atoms with Gasteiger partial charge in [-0.05, 0) is 36.3 Å². The van der Waals surface area contributed by atoms with Crippen LogP contribution in [0.25, 0.3) is 10.4 Å². The number of ether oxygens (including phenoxy) is 4. The van der Waals surface area contributed by atoms with Gasteiger partial charge >= 0.3 is 0 Å². The Hall–Kier alpha value is -3.47. The van der Waals surface area contributed by atoms with Gasteiger partial charge in [0.2, 0.25) is 23.6 Å². The van der Waals surface area contributed by atoms with E-state index in [1.807, 2.05) is 57.5 Å². The summed E-state index contributed by atoms with van der Waals surface area (Å²) in [7, 11) is 0. The number of aliphatic hydroxyl groups is 1. The van der Waals surface area contributed by atoms with Crippen molar-refractivity contribution in [3.8, 4) is 10.4 Å². The van der Waals surface area contributed by atoms with Crippen molar-refractivity contribution in [2.75, 3.05) is 65.9 Å². The van der Waals surface area contributed by atoms with Gasteiger partial charge in [0, 0.05) is 32.0 Å². The Bertz CT molecular complexity index is 1480. The number of β-amino-alcohol motifs (C(OH)–C–C–N with tert-alkyl or cyclic N) is 1. The third-order valence-electron chi connectivity index (χ3n) is 9.58. The van der Waals surface area contributed by atoms with Crippen LogP contribution in [0, 0.1) is 18.3 Å². The minimum Gasteiger partial charge on any atom is -0.391 e. The Morgan fingerprint density at radius 1 is 0.889 bits per heavy atom. The summed E-state index contributed by atoms with van der Waals surface area (Å²) in [6.45, 7) is 10.4. The van der Waals surface area contributed by atoms with Crippen molar-refractivity contribution in [2.45, 2.75) is 91.0 Å². The van der Waals surface area contributed by atoms with Crippen LogP contribution >= 0.6 is 11.3 Å². The summed E-state index contributed by atoms with van der Waals surface area (Å²) in [6.07, 6.45) is 4.69. The molecule has 0 spiro atoms. The molecule has 1 saturated carbocycles. The van der Waals surface area contributed by atoms with Gasteiger partial charge in [-0.2, -0.15) is 0 Å². The molecule has 2 heterocycles. The van der Waals surface area contributed by atoms with Crippen LogP contribution in [0.2, 0.25) is 0 Å². The first-order valence-corrected chi connectivity index (χ1v) is 20.0. The van der Waals surface area contributed by atoms with E-state index >= 15 is 0 Å². The molecule has 54 heavy (non-hydrogen) atoms. The molecule has 1 aliphatic heterocycles. The number of hydrogen-bond donors (Lipinski definition) is 4. The average Bonchev–Trinajstić information content (AvgIpc) is 3.77. The predicted molar refractivity (Wildman–Crippen MR) is 205 cm³/mol. The largest absolute Gasteiger partial charge is 0.391 e. The molecule has 2 fully saturated rings. The van der Waals surface area contributed by atoms with Crippen molar-refractivity contribution in [1.29, 1.82) is 0 Å². The summed E-state index contributed by atoms with van der Waals surface area (Å²) < 4.78 is 22.0. The van der Waals surface area contributed by atoms with Gasteiger partial charge in [0.15, 0.2) is 0 Å². The molecule has 0 radical (unpaired) electrons. The first kappa shape index (κ1) is 43.3. The van der Waals surface area contributed by atoms with E-state index in [0.717, 1.165) is 47.4 Å². The third kappa shape index (κ3) is 14.0. The first-order valence-electron chi connectivity index (χ1n) is 19.1. The number of thiazole rings is 1. The van der Waals surface area contributed by atoms with Gasteiger partial charge in [-0.3, -0.25) is 19.2 Å². The maximum atomic E-state index is 13.8. The predicted octanol–water partition coefficient (Wildman–Crippen LogP) is 2.99. The molecule has 4 amide bonds. The number of nitrogens with one attached hydrogen (secondary N) is 3. The van der Waals surface area contributed by atoms with Crippen LogP contribution in [0.1, 0.15) is 70.6 Å². The number of carbonyl (C=O) groups excluding carboxylic acids is 4. The van der Waals surface area contributed by atoms with Gasteiger partial charge < -0.3 is 44.9 Å². The highest BCUT2D eigenvalue weighted by molar-refractivity contribution is 7.13. The van der Waals surface area contributed by atoms with E-state index in [4.69, 9.17) is 18.9 Å². The number of likely N-dealkylation sites (tertiary alicyclic amines) is 1. The van der Waals surface area contributed by atoms with Gasteiger partial charge in [-0.15, -0.1) is 11.3 Å². The first-order chi connectivity index (χ1) is 25.9. The minimum atomic E-state index is -0.949. The standard InChI is InChI=1S/C39H59N5O9S/c1-27-34(54-26-42-27)29-12-10-28(11-13-29)23-41-37(48)32-22-31(45)24-44(32)38(49)35(39(2,3)4)43-33(46)25-53-21-20-52-19-18-51-17-16-50-15-14-40-36(47)30-8-6-5-7-9-30/h10-13,26,30-32,35,45H,5-9,14-25H2,1-4H3,(H,40,47)(H,41,48)(H,43,46)/t31-,32+,35?/m1/s1. The molecule has 1 unspecified atom stereocenters. The smallest absolute Gasteiger partial charge is 0.246 e. The van der Waals surface area contributed by atoms with Crippen LogP contribution in [0.3, 0.4) is 0 Å². The number of amides is 4. The molecule has 4 N–H and O–H groups in total. The lowest BCUT2D eigenvalue weighted by atomic mass is 9.85. The second kappa shape index (κ2) is 22.2. The zero-order chi connectivity index (χ0) is 38.9. The fraction of sp³-hybridized carbons (Fsp3) is 0.667. The minimum absolute atomic E-state index is 0.00711. The van der Waals surface area contributed by atoms with Gasteiger partial charge in [0.1, 0.15) is 18.7 Å². The van der Waals surface area contributed by atoms with Crippen LogP contribution in [0.15, 0.2) is 29.8 Å². The fourth-order valence-electron chi connectivity index (χ4n) is 6.56. The molecule has 1 saturated heterocycles. The second-order valence-electron chi connectivity index (χ2n) is 15.0. The lowest BCUT2D eigenvalue weighted by Crippen LogP contribution is -2.58. The molecule has 300 valence electrons. The molecule has 2 aliphatic rings. The molecule has 1 aromatic heterocycles. The Morgan fingerprint density at radius 3 is 2.13 bits per heavy atom. The number of rotatable bonds is 21. The fourth-order valence-corrected chi connectivity index (χ4v) is 7.37. The molecule has 14 nitrogen and oxygen atoms in total. The van der Waals surface area contributed by atoms with Gasteiger partial charge in [0.25, 0.3) is 0 Å². The zero-order valence-electron chi connectivity index (χ0n) is 32.2. The second-order valence-corrected chi connectivity index (χ2v) is 15.8. The van der Waals surface area contributed by atoms with E-state index in [-0.39, 0.29) is 57.1 Å². The molecular weight excluding hydrogens is 715 g/mol. The number of aryl methyl sites for hydroxylation is 1. The molecule has 2 aromatic rings. The Kier molecular flexibility index (Phi) is 17.8. The maximum absolute atomic E-state index is 13.8. The van der Waals surface area contributed by atoms with Crippen molar-refractivity contribution >= 4 is 35.0 Å². The molecule has 4 rings (SSSR count). The molecule has 15 heteroatoms. The van der Waals surface area contributed by atoms with Crippen molar-refractivity contribution in [1.82, 2.24) is 25.8 Å². The lowest BCUT2D eigenvalue weighted by Gasteiger charge is -2.35. The highest BCUT2D eigenvalue weighted by Crippen LogP contribution is 2.28. The number of benzene rings is 1. The molecule has 1 aromatic carbocycles. The highest BCUT2D eigenvalue weighted by atomic mass is 32.1. The monoisotopic (exact) mass is 773 g/mol. The summed E-state index contributed by atoms with van der Waals surface area (Å²) in [5.74, 6) is -0.998. The topological polar surface area (TPSA) is 178 Å². The van der Waals surface area contributed by atoms with E-state index in [1.165, 1.54) is 11.3 Å². The quantitative estimate of drug-likeness (QED) is 0.138. The number of carbonyl (C=O) groups is 4. The van der Waals surface area contributed by atoms with Gasteiger partial charge in [-0.25, -0.2) is 4.98 Å². The Morgan fingerprint density at radius 2 is 1.52 bits per heavy atom. The van der Waals surface area contributed by atoms with Crippen LogP contribution in [-0.2, 0) is 44.7 Å². The molecular formula is C39H59N5O9S. The number of nitrogens with zero attached hydrogens (tertiary/aromatic N) is 2. The Labute approximate surface area is 323 Å². The van der Waals surface area contributed by atoms with E-state index < -0.39 is 35.4 Å². The molecule has 3 atom stereocenters. The van der Waals surface area contributed by atoms with E-state index in [0.29, 0.717) is 39.6 Å². The van der Waals surface area contributed by atoms with E-state index in [2.05, 4.69) is 20.9 Å². The van der Waals surface area contributed by atoms with Crippen LogP contribution in [0.4, 0.5) is 0 Å². The number of aliphatic hydroxyl groups excluding tert-OH is 1. The average molecular weight is 774 g/mol. The number of hydrogen-bond acceptors (Lipinski definition) is 11. The van der Waals surface area contributed by atoms with Gasteiger partial charge in [0.05, 0.1) is 68.4 Å². The van der Waals surface area contributed by atoms with Crippen LogP contribution in [-0.4, -0.2) is 123 Å². The summed E-state index contributed by atoms with van der Waals surface area (Å²) in [5, 5.41) is 19.1. The van der Waals surface area contributed by atoms with Crippen molar-refractivity contribution in [3.63, 3.8) is 0 Å². The zero-order valence-corrected chi connectivity index (χ0v) is 33.0. The van der Waals surface area contributed by atoms with Crippen molar-refractivity contribution in [3.05, 3.63) is 41.0 Å². The summed E-state index contributed by atoms with van der Waals surface area (Å²) in [6, 6.07) is 6.04. The maximum Gasteiger partial charge on any atom is 0.246 e. The van der Waals surface area contributed by atoms with Gasteiger partial charge in [-0.1, -0.05) is 64.3 Å². The third-order valence-corrected chi connectivity index (χ3v) is 10.6. The molecule has 1 aliphatic carbocycles. The summed E-state index contributed by atoms with van der Waals surface area (Å²) >= 11 is 1.57. The van der Waals surface area contributed by atoms with Crippen LogP contribution in [0.5, 0.6) is 0 Å².